The Balaban J connectivity index is 2.86. The smallest absolute Gasteiger partial charge is 0.341 e. The molecule has 0 amide bonds. The number of carbonyl (C=O) groups excluding carboxylic acids is 1. The second kappa shape index (κ2) is 5.00. The molecule has 15 heavy (non-hydrogen) atoms. The van der Waals surface area contributed by atoms with Crippen molar-refractivity contribution in [2.24, 2.45) is 0 Å². The van der Waals surface area contributed by atoms with Gasteiger partial charge >= 0.3 is 11.9 Å². The van der Waals surface area contributed by atoms with Gasteiger partial charge in [0.05, 0.1) is 15.6 Å². The second-order valence-electron chi connectivity index (χ2n) is 2.57. The lowest BCUT2D eigenvalue weighted by Crippen LogP contribution is -2.13. The molecule has 1 rings (SSSR count). The minimum atomic E-state index is -1.24. The standard InChI is InChI=1S/C9H6Cl2O4/c10-5-2-1-3-6(11)8(5)9(14)15-4-7(12)13/h1-3H,4H2,(H,12,13). The highest BCUT2D eigenvalue weighted by Gasteiger charge is 2.16. The van der Waals surface area contributed by atoms with Crippen LogP contribution in [0.2, 0.25) is 10.0 Å². The fraction of sp³-hybridized carbons (Fsp3) is 0.111. The molecule has 0 unspecified atom stereocenters. The normalized spacial score (nSPS) is 9.73. The quantitative estimate of drug-likeness (QED) is 0.834. The van der Waals surface area contributed by atoms with Crippen molar-refractivity contribution in [3.63, 3.8) is 0 Å². The van der Waals surface area contributed by atoms with Crippen LogP contribution in [0.5, 0.6) is 0 Å². The zero-order valence-electron chi connectivity index (χ0n) is 7.37. The highest BCUT2D eigenvalue weighted by molar-refractivity contribution is 6.39. The first-order valence-corrected chi connectivity index (χ1v) is 4.61. The van der Waals surface area contributed by atoms with E-state index in [9.17, 15) is 9.59 Å². The molecule has 0 saturated heterocycles. The van der Waals surface area contributed by atoms with Crippen molar-refractivity contribution >= 4 is 35.1 Å². The Morgan fingerprint density at radius 1 is 1.27 bits per heavy atom. The number of benzene rings is 1. The SMILES string of the molecule is O=C(O)COC(=O)c1c(Cl)cccc1Cl. The first-order valence-electron chi connectivity index (χ1n) is 3.85. The topological polar surface area (TPSA) is 63.6 Å². The predicted octanol–water partition coefficient (Wildman–Crippen LogP) is 2.23. The van der Waals surface area contributed by atoms with Gasteiger partial charge < -0.3 is 9.84 Å². The molecule has 80 valence electrons. The van der Waals surface area contributed by atoms with Crippen molar-refractivity contribution in [2.45, 2.75) is 0 Å². The fourth-order valence-corrected chi connectivity index (χ4v) is 1.44. The van der Waals surface area contributed by atoms with Crippen molar-refractivity contribution in [1.29, 1.82) is 0 Å². The summed E-state index contributed by atoms with van der Waals surface area (Å²) in [6.07, 6.45) is 0. The number of halogens is 2. The summed E-state index contributed by atoms with van der Waals surface area (Å²) in [5.74, 6) is -2.10. The van der Waals surface area contributed by atoms with Gasteiger partial charge in [-0.3, -0.25) is 0 Å². The second-order valence-corrected chi connectivity index (χ2v) is 3.38. The van der Waals surface area contributed by atoms with Crippen molar-refractivity contribution < 1.29 is 19.4 Å². The van der Waals surface area contributed by atoms with Gasteiger partial charge in [-0.2, -0.15) is 0 Å². The Hall–Kier alpha value is -1.26. The van der Waals surface area contributed by atoms with Crippen LogP contribution in [-0.2, 0) is 9.53 Å². The molecule has 0 aliphatic carbocycles. The third-order valence-corrected chi connectivity index (χ3v) is 2.12. The molecule has 0 aliphatic rings. The van der Waals surface area contributed by atoms with E-state index in [1.54, 1.807) is 6.07 Å². The monoisotopic (exact) mass is 248 g/mol. The molecule has 0 bridgehead atoms. The highest BCUT2D eigenvalue weighted by Crippen LogP contribution is 2.24. The van der Waals surface area contributed by atoms with Crippen molar-refractivity contribution in [1.82, 2.24) is 0 Å². The van der Waals surface area contributed by atoms with Crippen LogP contribution in [0.3, 0.4) is 0 Å². The van der Waals surface area contributed by atoms with E-state index in [0.717, 1.165) is 0 Å². The molecule has 0 spiro atoms. The summed E-state index contributed by atoms with van der Waals surface area (Å²) in [6, 6.07) is 4.49. The van der Waals surface area contributed by atoms with Crippen LogP contribution in [0.4, 0.5) is 0 Å². The molecule has 0 aromatic heterocycles. The summed E-state index contributed by atoms with van der Waals surface area (Å²) in [4.78, 5) is 21.5. The molecule has 1 aromatic rings. The van der Waals surface area contributed by atoms with E-state index in [1.165, 1.54) is 12.1 Å². The molecular formula is C9H6Cl2O4. The van der Waals surface area contributed by atoms with Gasteiger partial charge in [0.25, 0.3) is 0 Å². The molecule has 0 fully saturated rings. The predicted molar refractivity (Wildman–Crippen MR) is 54.4 cm³/mol. The van der Waals surface area contributed by atoms with Crippen LogP contribution in [0.1, 0.15) is 10.4 Å². The zero-order chi connectivity index (χ0) is 11.4. The van der Waals surface area contributed by atoms with Gasteiger partial charge in [0.2, 0.25) is 0 Å². The molecule has 1 aromatic carbocycles. The van der Waals surface area contributed by atoms with E-state index in [0.29, 0.717) is 0 Å². The maximum absolute atomic E-state index is 11.3. The molecule has 0 saturated carbocycles. The van der Waals surface area contributed by atoms with Crippen molar-refractivity contribution in [3.8, 4) is 0 Å². The number of hydrogen-bond acceptors (Lipinski definition) is 3. The van der Waals surface area contributed by atoms with Gasteiger partial charge in [-0.15, -0.1) is 0 Å². The van der Waals surface area contributed by atoms with Crippen LogP contribution in [0.25, 0.3) is 0 Å². The number of carboxylic acid groups (broad SMARTS) is 1. The van der Waals surface area contributed by atoms with E-state index in [-0.39, 0.29) is 15.6 Å². The first kappa shape index (κ1) is 11.8. The number of hydrogen-bond donors (Lipinski definition) is 1. The lowest BCUT2D eigenvalue weighted by molar-refractivity contribution is -0.140. The largest absolute Gasteiger partial charge is 0.479 e. The van der Waals surface area contributed by atoms with Crippen LogP contribution in [0, 0.1) is 0 Å². The summed E-state index contributed by atoms with van der Waals surface area (Å²) < 4.78 is 4.44. The lowest BCUT2D eigenvalue weighted by atomic mass is 10.2. The number of carboxylic acids is 1. The number of rotatable bonds is 3. The van der Waals surface area contributed by atoms with E-state index in [4.69, 9.17) is 28.3 Å². The van der Waals surface area contributed by atoms with Gasteiger partial charge in [-0.25, -0.2) is 9.59 Å². The minimum absolute atomic E-state index is 0.0258. The van der Waals surface area contributed by atoms with Crippen LogP contribution < -0.4 is 0 Å². The average molecular weight is 249 g/mol. The molecule has 0 atom stereocenters. The Bertz CT molecular complexity index is 383. The zero-order valence-corrected chi connectivity index (χ0v) is 8.88. The summed E-state index contributed by atoms with van der Waals surface area (Å²) in [5.41, 5.74) is -0.0258. The third-order valence-electron chi connectivity index (χ3n) is 1.49. The Labute approximate surface area is 95.4 Å². The molecule has 0 heterocycles. The number of aliphatic carboxylic acids is 1. The van der Waals surface area contributed by atoms with E-state index in [2.05, 4.69) is 4.74 Å². The maximum atomic E-state index is 11.3. The molecule has 0 aliphatic heterocycles. The molecule has 1 N–H and O–H groups in total. The number of esters is 1. The van der Waals surface area contributed by atoms with E-state index >= 15 is 0 Å². The number of carbonyl (C=O) groups is 2. The van der Waals surface area contributed by atoms with Gasteiger partial charge in [0.1, 0.15) is 0 Å². The Kier molecular flexibility index (Phi) is 3.94. The average Bonchev–Trinajstić information content (AvgIpc) is 2.14. The fourth-order valence-electron chi connectivity index (χ4n) is 0.892. The summed E-state index contributed by atoms with van der Waals surface area (Å²) in [7, 11) is 0. The van der Waals surface area contributed by atoms with Crippen molar-refractivity contribution in [3.05, 3.63) is 33.8 Å². The molecule has 4 nitrogen and oxygen atoms in total. The summed E-state index contributed by atoms with van der Waals surface area (Å²) >= 11 is 11.4. The lowest BCUT2D eigenvalue weighted by Gasteiger charge is -2.05. The molecule has 0 radical (unpaired) electrons. The van der Waals surface area contributed by atoms with E-state index in [1.807, 2.05) is 0 Å². The minimum Gasteiger partial charge on any atom is -0.479 e. The van der Waals surface area contributed by atoms with Gasteiger partial charge in [-0.1, -0.05) is 29.3 Å². The van der Waals surface area contributed by atoms with Gasteiger partial charge in [0.15, 0.2) is 6.61 Å². The third kappa shape index (κ3) is 3.11. The summed E-state index contributed by atoms with van der Waals surface area (Å²) in [6.45, 7) is -0.722. The maximum Gasteiger partial charge on any atom is 0.341 e. The Morgan fingerprint density at radius 3 is 2.27 bits per heavy atom. The van der Waals surface area contributed by atoms with Gasteiger partial charge in [0, 0.05) is 0 Å². The van der Waals surface area contributed by atoms with Crippen LogP contribution in [-0.4, -0.2) is 23.7 Å². The first-order chi connectivity index (χ1) is 7.02. The van der Waals surface area contributed by atoms with Crippen LogP contribution >= 0.6 is 23.2 Å². The van der Waals surface area contributed by atoms with Crippen LogP contribution in [0.15, 0.2) is 18.2 Å². The highest BCUT2D eigenvalue weighted by atomic mass is 35.5. The van der Waals surface area contributed by atoms with Gasteiger partial charge in [-0.05, 0) is 12.1 Å². The molecule has 6 heteroatoms. The van der Waals surface area contributed by atoms with Crippen molar-refractivity contribution in [2.75, 3.05) is 6.61 Å². The van der Waals surface area contributed by atoms with E-state index < -0.39 is 18.5 Å². The molecular weight excluding hydrogens is 243 g/mol. The Morgan fingerprint density at radius 2 is 1.80 bits per heavy atom. The number of ether oxygens (including phenoxy) is 1. The summed E-state index contributed by atoms with van der Waals surface area (Å²) in [5, 5.41) is 8.55.